The smallest absolute Gasteiger partial charge is 0.255 e. The number of carbonyl (C=O) groups excluding carboxylic acids is 1. The highest BCUT2D eigenvalue weighted by atomic mass is 16.3. The molecule has 0 spiro atoms. The summed E-state index contributed by atoms with van der Waals surface area (Å²) in [7, 11) is 0. The summed E-state index contributed by atoms with van der Waals surface area (Å²) in [6, 6.07) is 10.3. The molecule has 5 heteroatoms. The second-order valence-corrected chi connectivity index (χ2v) is 7.32. The number of hydrogen-bond donors (Lipinski definition) is 1. The minimum atomic E-state index is -0.0597. The second kappa shape index (κ2) is 7.06. The number of benzene rings is 1. The van der Waals surface area contributed by atoms with E-state index in [1.165, 1.54) is 11.3 Å². The molecule has 2 heterocycles. The van der Waals surface area contributed by atoms with Gasteiger partial charge in [-0.15, -0.1) is 0 Å². The molecule has 4 rings (SSSR count). The number of aryl methyl sites for hydroxylation is 2. The van der Waals surface area contributed by atoms with Gasteiger partial charge >= 0.3 is 0 Å². The standard InChI is InChI=1S/C22H25N3O2/c1-14-15(2)27-16(3)21(14)22(26)24-19-10-7-11-20-18(19)12-23-25(20)13-17-8-5-4-6-9-17/h4-6,8-9,12,19H,7,10-11,13H2,1-3H3,(H,24,26). The van der Waals surface area contributed by atoms with Crippen molar-refractivity contribution in [2.75, 3.05) is 0 Å². The first-order valence-corrected chi connectivity index (χ1v) is 9.50. The molecule has 140 valence electrons. The second-order valence-electron chi connectivity index (χ2n) is 7.32. The van der Waals surface area contributed by atoms with Crippen molar-refractivity contribution >= 4 is 5.91 Å². The summed E-state index contributed by atoms with van der Waals surface area (Å²) >= 11 is 0. The summed E-state index contributed by atoms with van der Waals surface area (Å²) in [6.07, 6.45) is 4.89. The maximum atomic E-state index is 12.9. The lowest BCUT2D eigenvalue weighted by molar-refractivity contribution is 0.0930. The first kappa shape index (κ1) is 17.6. The molecule has 1 N–H and O–H groups in total. The fraction of sp³-hybridized carbons (Fsp3) is 0.364. The zero-order chi connectivity index (χ0) is 19.0. The predicted molar refractivity (Wildman–Crippen MR) is 104 cm³/mol. The Hall–Kier alpha value is -2.82. The Bertz CT molecular complexity index is 969. The summed E-state index contributed by atoms with van der Waals surface area (Å²) in [5.41, 5.74) is 5.18. The van der Waals surface area contributed by atoms with E-state index in [1.807, 2.05) is 45.2 Å². The van der Waals surface area contributed by atoms with Gasteiger partial charge in [-0.05, 0) is 45.6 Å². The van der Waals surface area contributed by atoms with Gasteiger partial charge in [0.2, 0.25) is 0 Å². The van der Waals surface area contributed by atoms with Gasteiger partial charge in [-0.1, -0.05) is 30.3 Å². The highest BCUT2D eigenvalue weighted by Gasteiger charge is 2.28. The van der Waals surface area contributed by atoms with E-state index >= 15 is 0 Å². The molecule has 1 atom stereocenters. The van der Waals surface area contributed by atoms with Crippen molar-refractivity contribution in [2.24, 2.45) is 0 Å². The molecule has 0 radical (unpaired) electrons. The van der Waals surface area contributed by atoms with Gasteiger partial charge in [-0.25, -0.2) is 0 Å². The third kappa shape index (κ3) is 3.29. The van der Waals surface area contributed by atoms with Crippen LogP contribution in [-0.4, -0.2) is 15.7 Å². The minimum absolute atomic E-state index is 0.000204. The third-order valence-electron chi connectivity index (χ3n) is 5.53. The van der Waals surface area contributed by atoms with E-state index in [0.29, 0.717) is 11.3 Å². The van der Waals surface area contributed by atoms with E-state index in [0.717, 1.165) is 42.7 Å². The lowest BCUT2D eigenvalue weighted by Crippen LogP contribution is -2.31. The van der Waals surface area contributed by atoms with Crippen molar-refractivity contribution in [1.29, 1.82) is 0 Å². The van der Waals surface area contributed by atoms with Crippen LogP contribution in [-0.2, 0) is 13.0 Å². The van der Waals surface area contributed by atoms with Gasteiger partial charge in [-0.3, -0.25) is 9.48 Å². The maximum absolute atomic E-state index is 12.9. The molecule has 5 nitrogen and oxygen atoms in total. The first-order valence-electron chi connectivity index (χ1n) is 9.50. The summed E-state index contributed by atoms with van der Waals surface area (Å²) in [5.74, 6) is 1.42. The Labute approximate surface area is 159 Å². The van der Waals surface area contributed by atoms with Crippen molar-refractivity contribution < 1.29 is 9.21 Å². The van der Waals surface area contributed by atoms with Gasteiger partial charge in [0, 0.05) is 16.8 Å². The van der Waals surface area contributed by atoms with Crippen LogP contribution in [0.2, 0.25) is 0 Å². The number of furan rings is 1. The normalized spacial score (nSPS) is 16.2. The monoisotopic (exact) mass is 363 g/mol. The number of amides is 1. The fourth-order valence-corrected chi connectivity index (χ4v) is 4.02. The van der Waals surface area contributed by atoms with Crippen LogP contribution in [0.4, 0.5) is 0 Å². The van der Waals surface area contributed by atoms with Crippen LogP contribution in [0.15, 0.2) is 40.9 Å². The van der Waals surface area contributed by atoms with Crippen molar-refractivity contribution in [1.82, 2.24) is 15.1 Å². The van der Waals surface area contributed by atoms with Crippen LogP contribution in [0.1, 0.15) is 63.1 Å². The average Bonchev–Trinajstić information content (AvgIpc) is 3.17. The van der Waals surface area contributed by atoms with Crippen LogP contribution < -0.4 is 5.32 Å². The number of aromatic nitrogens is 2. The van der Waals surface area contributed by atoms with Gasteiger partial charge in [0.1, 0.15) is 11.5 Å². The van der Waals surface area contributed by atoms with Crippen molar-refractivity contribution in [2.45, 2.75) is 52.6 Å². The van der Waals surface area contributed by atoms with Crippen LogP contribution in [0.25, 0.3) is 0 Å². The van der Waals surface area contributed by atoms with E-state index in [9.17, 15) is 4.79 Å². The lowest BCUT2D eigenvalue weighted by Gasteiger charge is -2.24. The summed E-state index contributed by atoms with van der Waals surface area (Å²) in [4.78, 5) is 12.9. The molecular weight excluding hydrogens is 338 g/mol. The van der Waals surface area contributed by atoms with Gasteiger partial charge in [0.05, 0.1) is 24.3 Å². The number of nitrogens with zero attached hydrogens (tertiary/aromatic N) is 2. The molecule has 0 aliphatic heterocycles. The van der Waals surface area contributed by atoms with Crippen molar-refractivity contribution in [3.05, 3.63) is 76.0 Å². The largest absolute Gasteiger partial charge is 0.466 e. The number of nitrogens with one attached hydrogen (secondary N) is 1. The van der Waals surface area contributed by atoms with Crippen molar-refractivity contribution in [3.63, 3.8) is 0 Å². The molecule has 0 saturated carbocycles. The number of carbonyl (C=O) groups is 1. The Morgan fingerprint density at radius 3 is 2.70 bits per heavy atom. The molecule has 2 aromatic heterocycles. The van der Waals surface area contributed by atoms with Crippen molar-refractivity contribution in [3.8, 4) is 0 Å². The molecule has 1 aliphatic rings. The number of hydrogen-bond acceptors (Lipinski definition) is 3. The summed E-state index contributed by atoms with van der Waals surface area (Å²) in [5, 5.41) is 7.82. The van der Waals surface area contributed by atoms with E-state index < -0.39 is 0 Å². The van der Waals surface area contributed by atoms with Crippen LogP contribution >= 0.6 is 0 Å². The van der Waals surface area contributed by atoms with Gasteiger partial charge < -0.3 is 9.73 Å². The van der Waals surface area contributed by atoms with Gasteiger partial charge in [0.15, 0.2) is 0 Å². The zero-order valence-corrected chi connectivity index (χ0v) is 16.1. The first-order chi connectivity index (χ1) is 13.0. The molecule has 1 aromatic carbocycles. The fourth-order valence-electron chi connectivity index (χ4n) is 4.02. The quantitative estimate of drug-likeness (QED) is 0.753. The Morgan fingerprint density at radius 1 is 1.22 bits per heavy atom. The Kier molecular flexibility index (Phi) is 4.60. The topological polar surface area (TPSA) is 60.1 Å². The Morgan fingerprint density at radius 2 is 2.00 bits per heavy atom. The highest BCUT2D eigenvalue weighted by Crippen LogP contribution is 2.31. The van der Waals surface area contributed by atoms with Gasteiger partial charge in [-0.2, -0.15) is 5.10 Å². The number of rotatable bonds is 4. The summed E-state index contributed by atoms with van der Waals surface area (Å²) < 4.78 is 7.69. The Balaban J connectivity index is 1.56. The number of fused-ring (bicyclic) bond motifs is 1. The zero-order valence-electron chi connectivity index (χ0n) is 16.1. The SMILES string of the molecule is Cc1oc(C)c(C(=O)NC2CCCc3c2cnn3Cc2ccccc2)c1C. The molecule has 3 aromatic rings. The van der Waals surface area contributed by atoms with Crippen LogP contribution in [0.3, 0.4) is 0 Å². The molecule has 1 unspecified atom stereocenters. The summed E-state index contributed by atoms with van der Waals surface area (Å²) in [6.45, 7) is 6.44. The van der Waals surface area contributed by atoms with E-state index in [4.69, 9.17) is 4.42 Å². The third-order valence-corrected chi connectivity index (χ3v) is 5.53. The van der Waals surface area contributed by atoms with Gasteiger partial charge in [0.25, 0.3) is 5.91 Å². The molecule has 0 fully saturated rings. The van der Waals surface area contributed by atoms with E-state index in [1.54, 1.807) is 0 Å². The van der Waals surface area contributed by atoms with E-state index in [-0.39, 0.29) is 11.9 Å². The maximum Gasteiger partial charge on any atom is 0.255 e. The molecule has 0 bridgehead atoms. The minimum Gasteiger partial charge on any atom is -0.466 e. The molecule has 1 amide bonds. The lowest BCUT2D eigenvalue weighted by atomic mass is 9.92. The van der Waals surface area contributed by atoms with E-state index in [2.05, 4.69) is 27.2 Å². The average molecular weight is 363 g/mol. The molecule has 1 aliphatic carbocycles. The van der Waals surface area contributed by atoms with Crippen LogP contribution in [0, 0.1) is 20.8 Å². The molecule has 0 saturated heterocycles. The molecule has 27 heavy (non-hydrogen) atoms. The predicted octanol–water partition coefficient (Wildman–Crippen LogP) is 4.26. The molecular formula is C22H25N3O2. The van der Waals surface area contributed by atoms with Crippen LogP contribution in [0.5, 0.6) is 0 Å². The highest BCUT2D eigenvalue weighted by molar-refractivity contribution is 5.97.